The second-order valence-corrected chi connectivity index (χ2v) is 7.37. The average molecular weight is 448 g/mol. The Kier molecular flexibility index (Phi) is 6.41. The molecule has 2 aliphatic heterocycles. The van der Waals surface area contributed by atoms with Gasteiger partial charge in [0.05, 0.1) is 23.1 Å². The van der Waals surface area contributed by atoms with Crippen molar-refractivity contribution in [3.05, 3.63) is 79.9 Å². The van der Waals surface area contributed by atoms with Gasteiger partial charge in [0, 0.05) is 35.4 Å². The number of rotatable bonds is 5. The molecule has 0 spiro atoms. The standard InChI is InChI=1S/C20H20N2O10/c23-15-9-29-20(12-4-2-6-14(8-12)22(27)28)32-18(17(15)24)16-10-30-19(31-16)11-3-1-5-13(7-11)21(25)26/h1-8,15-20,23-24H,9-10H2/t15-,16+,17-,18-,19?,20?/m0/s1. The summed E-state index contributed by atoms with van der Waals surface area (Å²) in [4.78, 5) is 21.0. The van der Waals surface area contributed by atoms with Crippen LogP contribution in [-0.2, 0) is 18.9 Å². The Labute approximate surface area is 181 Å². The van der Waals surface area contributed by atoms with Crippen molar-refractivity contribution in [2.75, 3.05) is 13.2 Å². The van der Waals surface area contributed by atoms with E-state index in [9.17, 15) is 30.4 Å². The van der Waals surface area contributed by atoms with Gasteiger partial charge in [0.2, 0.25) is 0 Å². The van der Waals surface area contributed by atoms with Crippen LogP contribution in [0.15, 0.2) is 48.5 Å². The third kappa shape index (κ3) is 4.60. The predicted octanol–water partition coefficient (Wildman–Crippen LogP) is 1.75. The Morgan fingerprint density at radius 1 is 0.812 bits per heavy atom. The summed E-state index contributed by atoms with van der Waals surface area (Å²) in [6.07, 6.45) is -6.67. The fourth-order valence-electron chi connectivity index (χ4n) is 3.58. The van der Waals surface area contributed by atoms with E-state index in [2.05, 4.69) is 0 Å². The number of nitro benzene ring substituents is 2. The Morgan fingerprint density at radius 2 is 1.34 bits per heavy atom. The monoisotopic (exact) mass is 448 g/mol. The zero-order valence-corrected chi connectivity index (χ0v) is 16.6. The van der Waals surface area contributed by atoms with E-state index in [0.717, 1.165) is 0 Å². The summed E-state index contributed by atoms with van der Waals surface area (Å²) >= 11 is 0. The zero-order valence-electron chi connectivity index (χ0n) is 16.6. The van der Waals surface area contributed by atoms with Gasteiger partial charge in [0.1, 0.15) is 24.4 Å². The van der Waals surface area contributed by atoms with Crippen molar-refractivity contribution in [1.82, 2.24) is 0 Å². The van der Waals surface area contributed by atoms with Gasteiger partial charge in [0.15, 0.2) is 12.6 Å². The Hall–Kier alpha value is -3.00. The number of non-ortho nitro benzene ring substituents is 2. The third-order valence-corrected chi connectivity index (χ3v) is 5.21. The van der Waals surface area contributed by atoms with Gasteiger partial charge >= 0.3 is 0 Å². The zero-order chi connectivity index (χ0) is 22.8. The highest BCUT2D eigenvalue weighted by Crippen LogP contribution is 2.35. The minimum absolute atomic E-state index is 0.0243. The first kappa shape index (κ1) is 22.2. The van der Waals surface area contributed by atoms with Gasteiger partial charge in [-0.3, -0.25) is 20.2 Å². The van der Waals surface area contributed by atoms with Crippen LogP contribution >= 0.6 is 0 Å². The summed E-state index contributed by atoms with van der Waals surface area (Å²) in [6.45, 7) is -0.295. The van der Waals surface area contributed by atoms with E-state index in [0.29, 0.717) is 11.1 Å². The molecule has 0 radical (unpaired) electrons. The van der Waals surface area contributed by atoms with E-state index in [1.165, 1.54) is 36.4 Å². The van der Waals surface area contributed by atoms with Crippen LogP contribution in [0.3, 0.4) is 0 Å². The Morgan fingerprint density at radius 3 is 1.91 bits per heavy atom. The largest absolute Gasteiger partial charge is 0.388 e. The first-order valence-corrected chi connectivity index (χ1v) is 9.72. The molecule has 2 aromatic rings. The smallest absolute Gasteiger partial charge is 0.269 e. The first-order chi connectivity index (χ1) is 15.3. The molecule has 0 amide bonds. The highest BCUT2D eigenvalue weighted by molar-refractivity contribution is 5.36. The molecule has 2 fully saturated rings. The molecule has 2 unspecified atom stereocenters. The van der Waals surface area contributed by atoms with Crippen LogP contribution in [0.5, 0.6) is 0 Å². The van der Waals surface area contributed by atoms with Gasteiger partial charge in [-0.25, -0.2) is 0 Å². The van der Waals surface area contributed by atoms with Gasteiger partial charge in [-0.05, 0) is 0 Å². The van der Waals surface area contributed by atoms with Crippen molar-refractivity contribution < 1.29 is 39.0 Å². The predicted molar refractivity (Wildman–Crippen MR) is 105 cm³/mol. The van der Waals surface area contributed by atoms with E-state index in [4.69, 9.17) is 18.9 Å². The Bertz CT molecular complexity index is 1000. The number of hydrogen-bond donors (Lipinski definition) is 2. The number of nitrogens with zero attached hydrogens (tertiary/aromatic N) is 2. The summed E-state index contributed by atoms with van der Waals surface area (Å²) < 4.78 is 22.8. The van der Waals surface area contributed by atoms with Crippen LogP contribution < -0.4 is 0 Å². The first-order valence-electron chi connectivity index (χ1n) is 9.72. The number of aliphatic hydroxyl groups excluding tert-OH is 2. The molecule has 0 saturated carbocycles. The van der Waals surface area contributed by atoms with E-state index in [1.807, 2.05) is 0 Å². The van der Waals surface area contributed by atoms with Gasteiger partial charge in [-0.2, -0.15) is 0 Å². The van der Waals surface area contributed by atoms with Crippen molar-refractivity contribution in [1.29, 1.82) is 0 Å². The van der Waals surface area contributed by atoms with Gasteiger partial charge in [-0.15, -0.1) is 0 Å². The van der Waals surface area contributed by atoms with Crippen molar-refractivity contribution in [3.63, 3.8) is 0 Å². The summed E-state index contributed by atoms with van der Waals surface area (Å²) in [6, 6.07) is 11.4. The number of ether oxygens (including phenoxy) is 4. The molecule has 2 aliphatic rings. The molecular formula is C20H20N2O10. The highest BCUT2D eigenvalue weighted by atomic mass is 16.7. The second kappa shape index (κ2) is 9.24. The van der Waals surface area contributed by atoms with Gasteiger partial charge in [-0.1, -0.05) is 24.3 Å². The molecule has 0 aliphatic carbocycles. The lowest BCUT2D eigenvalue weighted by atomic mass is 10.0. The maximum atomic E-state index is 11.1. The molecule has 2 aromatic carbocycles. The number of hydrogen-bond acceptors (Lipinski definition) is 10. The molecule has 12 heteroatoms. The summed E-state index contributed by atoms with van der Waals surface area (Å²) in [5.74, 6) is 0. The molecule has 2 heterocycles. The normalized spacial score (nSPS) is 30.6. The molecule has 12 nitrogen and oxygen atoms in total. The fourth-order valence-corrected chi connectivity index (χ4v) is 3.58. The quantitative estimate of drug-likeness (QED) is 0.509. The summed E-state index contributed by atoms with van der Waals surface area (Å²) in [5.41, 5.74) is 0.456. The van der Waals surface area contributed by atoms with Crippen LogP contribution in [0.2, 0.25) is 0 Å². The minimum Gasteiger partial charge on any atom is -0.388 e. The molecule has 0 bridgehead atoms. The molecule has 6 atom stereocenters. The van der Waals surface area contributed by atoms with Crippen molar-refractivity contribution >= 4 is 11.4 Å². The second-order valence-electron chi connectivity index (χ2n) is 7.37. The maximum absolute atomic E-state index is 11.1. The number of nitro groups is 2. The van der Waals surface area contributed by atoms with Crippen molar-refractivity contribution in [2.24, 2.45) is 0 Å². The van der Waals surface area contributed by atoms with Crippen LogP contribution in [0, 0.1) is 20.2 Å². The van der Waals surface area contributed by atoms with Crippen LogP contribution in [0.1, 0.15) is 23.7 Å². The van der Waals surface area contributed by atoms with E-state index < -0.39 is 46.8 Å². The van der Waals surface area contributed by atoms with Gasteiger partial charge in [0.25, 0.3) is 11.4 Å². The highest BCUT2D eigenvalue weighted by Gasteiger charge is 2.44. The number of benzene rings is 2. The van der Waals surface area contributed by atoms with Crippen LogP contribution in [-0.4, -0.2) is 57.7 Å². The summed E-state index contributed by atoms with van der Waals surface area (Å²) in [7, 11) is 0. The number of aliphatic hydroxyl groups is 2. The lowest BCUT2D eigenvalue weighted by Gasteiger charge is -2.28. The fraction of sp³-hybridized carbons (Fsp3) is 0.400. The van der Waals surface area contributed by atoms with Crippen LogP contribution in [0.4, 0.5) is 11.4 Å². The molecule has 170 valence electrons. The van der Waals surface area contributed by atoms with Crippen molar-refractivity contribution in [3.8, 4) is 0 Å². The van der Waals surface area contributed by atoms with E-state index in [-0.39, 0.29) is 24.6 Å². The minimum atomic E-state index is -1.39. The van der Waals surface area contributed by atoms with Gasteiger partial charge < -0.3 is 29.2 Å². The van der Waals surface area contributed by atoms with E-state index in [1.54, 1.807) is 12.1 Å². The topological polar surface area (TPSA) is 164 Å². The van der Waals surface area contributed by atoms with E-state index >= 15 is 0 Å². The molecule has 32 heavy (non-hydrogen) atoms. The lowest BCUT2D eigenvalue weighted by molar-refractivity contribution is -0.385. The average Bonchev–Trinajstić information content (AvgIpc) is 3.23. The lowest BCUT2D eigenvalue weighted by Crippen LogP contribution is -2.46. The van der Waals surface area contributed by atoms with Crippen molar-refractivity contribution in [2.45, 2.75) is 37.0 Å². The third-order valence-electron chi connectivity index (χ3n) is 5.21. The molecule has 0 aromatic heterocycles. The molecule has 4 rings (SSSR count). The molecular weight excluding hydrogens is 428 g/mol. The Balaban J connectivity index is 1.53. The van der Waals surface area contributed by atoms with Crippen LogP contribution in [0.25, 0.3) is 0 Å². The molecule has 2 saturated heterocycles. The SMILES string of the molecule is O=[N+]([O-])c1cccc(C2OC[C@H](O)[C@H](O)[C@H]([C@H]3COC(c4cccc([N+](=O)[O-])c4)O3)O2)c1. The summed E-state index contributed by atoms with van der Waals surface area (Å²) in [5, 5.41) is 42.9. The molecule has 2 N–H and O–H groups in total. The maximum Gasteiger partial charge on any atom is 0.269 e.